The maximum absolute atomic E-state index is 13.4. The van der Waals surface area contributed by atoms with Crippen LogP contribution in [0.15, 0.2) is 72.6 Å². The highest BCUT2D eigenvalue weighted by molar-refractivity contribution is 6.51. The minimum Gasteiger partial charge on any atom is -0.507 e. The summed E-state index contributed by atoms with van der Waals surface area (Å²) < 4.78 is 5.01. The van der Waals surface area contributed by atoms with Crippen molar-refractivity contribution >= 4 is 29.1 Å². The molecule has 0 saturated carbocycles. The number of anilines is 1. The molecular formula is C30H28N2O5. The van der Waals surface area contributed by atoms with Gasteiger partial charge in [-0.2, -0.15) is 0 Å². The lowest BCUT2D eigenvalue weighted by Crippen LogP contribution is -2.29. The van der Waals surface area contributed by atoms with Crippen molar-refractivity contribution in [2.45, 2.75) is 45.1 Å². The molecule has 1 aliphatic heterocycles. The summed E-state index contributed by atoms with van der Waals surface area (Å²) in [4.78, 5) is 44.2. The van der Waals surface area contributed by atoms with Crippen LogP contribution in [0.3, 0.4) is 0 Å². The number of aryl methyl sites for hydroxylation is 2. The van der Waals surface area contributed by atoms with Crippen LogP contribution < -0.4 is 4.90 Å². The summed E-state index contributed by atoms with van der Waals surface area (Å²) in [6, 6.07) is 15.3. The van der Waals surface area contributed by atoms with Gasteiger partial charge in [-0.15, -0.1) is 0 Å². The van der Waals surface area contributed by atoms with Crippen molar-refractivity contribution in [1.82, 2.24) is 4.98 Å². The molecule has 1 amide bonds. The zero-order valence-corrected chi connectivity index (χ0v) is 20.6. The Labute approximate surface area is 215 Å². The van der Waals surface area contributed by atoms with Gasteiger partial charge in [-0.05, 0) is 79.1 Å². The normalized spacial score (nSPS) is 18.5. The quantitative estimate of drug-likeness (QED) is 0.230. The van der Waals surface area contributed by atoms with E-state index < -0.39 is 17.7 Å². The summed E-state index contributed by atoms with van der Waals surface area (Å²) in [7, 11) is 0. The lowest BCUT2D eigenvalue weighted by Gasteiger charge is -2.25. The Bertz CT molecular complexity index is 1380. The summed E-state index contributed by atoms with van der Waals surface area (Å²) in [5, 5.41) is 11.4. The molecule has 0 bridgehead atoms. The van der Waals surface area contributed by atoms with E-state index in [1.165, 1.54) is 16.0 Å². The van der Waals surface area contributed by atoms with Gasteiger partial charge in [-0.3, -0.25) is 24.3 Å². The molecular weight excluding hydrogens is 468 g/mol. The standard InChI is InChI=1S/C30H28N2O5/c1-2-37-25(33)16-19-9-13-24(14-10-19)32-27(23-8-5-15-31-18-23)26(29(35)30(32)36)28(34)22-12-11-20-6-3-4-7-21(20)17-22/h5,8-15,17-18,27,34H,2-4,6-7,16H2,1H3/b28-26-. The maximum Gasteiger partial charge on any atom is 0.310 e. The van der Waals surface area contributed by atoms with Crippen molar-refractivity contribution in [3.63, 3.8) is 0 Å². The van der Waals surface area contributed by atoms with Crippen molar-refractivity contribution < 1.29 is 24.2 Å². The number of carbonyl (C=O) groups is 3. The van der Waals surface area contributed by atoms with Gasteiger partial charge >= 0.3 is 5.97 Å². The number of aliphatic hydroxyl groups is 1. The molecule has 188 valence electrons. The summed E-state index contributed by atoms with van der Waals surface area (Å²) in [6.07, 6.45) is 7.48. The fourth-order valence-electron chi connectivity index (χ4n) is 5.14. The summed E-state index contributed by atoms with van der Waals surface area (Å²) in [5.74, 6) is -2.01. The third kappa shape index (κ3) is 4.77. The average molecular weight is 497 g/mol. The van der Waals surface area contributed by atoms with E-state index in [1.54, 1.807) is 55.7 Å². The average Bonchev–Trinajstić information content (AvgIpc) is 3.19. The van der Waals surface area contributed by atoms with Crippen molar-refractivity contribution in [3.05, 3.63) is 100 Å². The number of ether oxygens (including phenoxy) is 1. The number of carbonyl (C=O) groups excluding carboxylic acids is 3. The molecule has 1 atom stereocenters. The number of amides is 1. The predicted molar refractivity (Wildman–Crippen MR) is 139 cm³/mol. The third-order valence-electron chi connectivity index (χ3n) is 6.93. The number of hydrogen-bond acceptors (Lipinski definition) is 6. The molecule has 7 heteroatoms. The van der Waals surface area contributed by atoms with Gasteiger partial charge in [0.25, 0.3) is 11.7 Å². The molecule has 1 saturated heterocycles. The van der Waals surface area contributed by atoms with Crippen LogP contribution >= 0.6 is 0 Å². The molecule has 1 aromatic heterocycles. The summed E-state index contributed by atoms with van der Waals surface area (Å²) >= 11 is 0. The van der Waals surface area contributed by atoms with Gasteiger partial charge in [-0.1, -0.05) is 30.3 Å². The molecule has 2 aromatic carbocycles. The van der Waals surface area contributed by atoms with Gasteiger partial charge in [0.2, 0.25) is 0 Å². The molecule has 7 nitrogen and oxygen atoms in total. The molecule has 3 aromatic rings. The highest BCUT2D eigenvalue weighted by atomic mass is 16.5. The van der Waals surface area contributed by atoms with Crippen LogP contribution in [0.5, 0.6) is 0 Å². The van der Waals surface area contributed by atoms with Crippen LogP contribution in [0.1, 0.15) is 53.6 Å². The Morgan fingerprint density at radius 1 is 1.05 bits per heavy atom. The minimum atomic E-state index is -0.847. The molecule has 1 unspecified atom stereocenters. The summed E-state index contributed by atoms with van der Waals surface area (Å²) in [5.41, 5.74) is 4.80. The van der Waals surface area contributed by atoms with E-state index in [0.29, 0.717) is 23.4 Å². The molecule has 0 spiro atoms. The number of rotatable bonds is 6. The van der Waals surface area contributed by atoms with Crippen LogP contribution in [0, 0.1) is 0 Å². The molecule has 2 aliphatic rings. The van der Waals surface area contributed by atoms with Gasteiger partial charge < -0.3 is 9.84 Å². The van der Waals surface area contributed by atoms with E-state index in [2.05, 4.69) is 4.98 Å². The zero-order valence-electron chi connectivity index (χ0n) is 20.6. The number of fused-ring (bicyclic) bond motifs is 1. The van der Waals surface area contributed by atoms with Crippen molar-refractivity contribution in [3.8, 4) is 0 Å². The Balaban J connectivity index is 1.57. The topological polar surface area (TPSA) is 96.8 Å². The lowest BCUT2D eigenvalue weighted by molar-refractivity contribution is -0.142. The Kier molecular flexibility index (Phi) is 6.86. The molecule has 0 radical (unpaired) electrons. The molecule has 1 N–H and O–H groups in total. The number of nitrogens with zero attached hydrogens (tertiary/aromatic N) is 2. The second kappa shape index (κ2) is 10.4. The number of hydrogen-bond donors (Lipinski definition) is 1. The minimum absolute atomic E-state index is 0.0318. The fourth-order valence-corrected chi connectivity index (χ4v) is 5.14. The third-order valence-corrected chi connectivity index (χ3v) is 6.93. The highest BCUT2D eigenvalue weighted by Gasteiger charge is 2.47. The summed E-state index contributed by atoms with van der Waals surface area (Å²) in [6.45, 7) is 2.05. The van der Waals surface area contributed by atoms with Gasteiger partial charge in [-0.25, -0.2) is 0 Å². The van der Waals surface area contributed by atoms with E-state index >= 15 is 0 Å². The smallest absolute Gasteiger partial charge is 0.310 e. The van der Waals surface area contributed by atoms with Crippen LogP contribution in [-0.2, 0) is 38.4 Å². The first-order chi connectivity index (χ1) is 18.0. The van der Waals surface area contributed by atoms with Gasteiger partial charge in [0.15, 0.2) is 0 Å². The van der Waals surface area contributed by atoms with E-state index in [-0.39, 0.29) is 23.7 Å². The number of benzene rings is 2. The van der Waals surface area contributed by atoms with Crippen LogP contribution in [0.4, 0.5) is 5.69 Å². The van der Waals surface area contributed by atoms with E-state index in [1.807, 2.05) is 18.2 Å². The maximum atomic E-state index is 13.4. The number of Topliss-reactive ketones (excluding diaryl/α,β-unsaturated/α-hetero) is 1. The monoisotopic (exact) mass is 496 g/mol. The first kappa shape index (κ1) is 24.4. The van der Waals surface area contributed by atoms with Crippen LogP contribution in [-0.4, -0.2) is 34.4 Å². The van der Waals surface area contributed by atoms with E-state index in [4.69, 9.17) is 4.74 Å². The van der Waals surface area contributed by atoms with Gasteiger partial charge in [0, 0.05) is 23.6 Å². The van der Waals surface area contributed by atoms with Crippen molar-refractivity contribution in [2.24, 2.45) is 0 Å². The number of ketones is 1. The molecule has 1 aliphatic carbocycles. The van der Waals surface area contributed by atoms with Crippen molar-refractivity contribution in [1.29, 1.82) is 0 Å². The van der Waals surface area contributed by atoms with Crippen molar-refractivity contribution in [2.75, 3.05) is 11.5 Å². The molecule has 2 heterocycles. The Hall–Kier alpha value is -4.26. The molecule has 37 heavy (non-hydrogen) atoms. The van der Waals surface area contributed by atoms with E-state index in [0.717, 1.165) is 31.2 Å². The second-order valence-electron chi connectivity index (χ2n) is 9.29. The van der Waals surface area contributed by atoms with E-state index in [9.17, 15) is 19.5 Å². The SMILES string of the molecule is CCOC(=O)Cc1ccc(N2C(=O)C(=O)/C(=C(\O)c3ccc4c(c3)CCCC4)C2c2cccnc2)cc1. The van der Waals surface area contributed by atoms with Gasteiger partial charge in [0.05, 0.1) is 24.6 Å². The van der Waals surface area contributed by atoms with Gasteiger partial charge in [0.1, 0.15) is 5.76 Å². The highest BCUT2D eigenvalue weighted by Crippen LogP contribution is 2.42. The zero-order chi connectivity index (χ0) is 25.9. The Morgan fingerprint density at radius 3 is 2.51 bits per heavy atom. The second-order valence-corrected chi connectivity index (χ2v) is 9.29. The number of pyridine rings is 1. The first-order valence-corrected chi connectivity index (χ1v) is 12.6. The largest absolute Gasteiger partial charge is 0.507 e. The van der Waals surface area contributed by atoms with Crippen LogP contribution in [0.25, 0.3) is 5.76 Å². The number of aliphatic hydroxyl groups excluding tert-OH is 1. The number of esters is 1. The molecule has 1 fully saturated rings. The predicted octanol–water partition coefficient (Wildman–Crippen LogP) is 4.69. The first-order valence-electron chi connectivity index (χ1n) is 12.6. The Morgan fingerprint density at radius 2 is 1.81 bits per heavy atom. The lowest BCUT2D eigenvalue weighted by atomic mass is 9.89. The van der Waals surface area contributed by atoms with Crippen LogP contribution in [0.2, 0.25) is 0 Å². The fraction of sp³-hybridized carbons (Fsp3) is 0.267. The molecule has 5 rings (SSSR count). The number of aromatic nitrogens is 1.